The summed E-state index contributed by atoms with van der Waals surface area (Å²) >= 11 is 5.67. The number of aliphatic hydroxyl groups excluding tert-OH is 2. The summed E-state index contributed by atoms with van der Waals surface area (Å²) < 4.78 is 42.4. The van der Waals surface area contributed by atoms with Gasteiger partial charge in [0.25, 0.3) is 16.9 Å². The highest BCUT2D eigenvalue weighted by Gasteiger charge is 2.53. The number of ketones is 2. The molecule has 1 aromatic heterocycles. The van der Waals surface area contributed by atoms with Gasteiger partial charge in [0.2, 0.25) is 17.6 Å². The summed E-state index contributed by atoms with van der Waals surface area (Å²) in [4.78, 5) is 84.3. The monoisotopic (exact) mass is 1270 g/mol. The number of rotatable bonds is 15. The van der Waals surface area contributed by atoms with Gasteiger partial charge in [-0.3, -0.25) is 19.2 Å². The standard InChI is InChI=1S/C66H103N7O15S/c1-11-30-85-31-24-57(74)71-26-28-72(29-27-71)64-68-38-48(39-69-64)40-70-65(89)87-52-23-21-47(35-56(52)84-10)34-50(67)55-37-54(83-9)43(4)33-45(6)59(76)60(77)58(75)44(5)32-41(2)17-13-12-14-18-42(3)53(82-8)36-49-22-20-46(7)66(81,88-49)61(78)62(79)73-25-16-15-19-51(73)63(80)86-55/h12-14,17-18,33,38-39,41,43-44,46-47,49-56,59-60,76-77,81H,11,15-16,19-32,34-37,40,67H2,1-10H3,(H,70,89)/b14-12+,17-13+,42-18+,45-33+/t41-,43-,44-,46-,47+,49+,50-,51+,52-,53+,54-,55+,56-,59-,60+,66-/m1/s1. The highest BCUT2D eigenvalue weighted by Crippen LogP contribution is 2.38. The number of ether oxygens (including phenoxy) is 7. The third-order valence-corrected chi connectivity index (χ3v) is 18.8. The highest BCUT2D eigenvalue weighted by atomic mass is 32.1. The summed E-state index contributed by atoms with van der Waals surface area (Å²) in [5.74, 6) is -7.06. The number of aromatic nitrogens is 2. The molecule has 5 aliphatic rings. The molecule has 3 saturated heterocycles. The Morgan fingerprint density at radius 1 is 0.831 bits per heavy atom. The number of methoxy groups -OCH3 is 3. The van der Waals surface area contributed by atoms with E-state index in [1.165, 1.54) is 12.0 Å². The largest absolute Gasteiger partial charge is 0.465 e. The number of amides is 2. The van der Waals surface area contributed by atoms with Crippen molar-refractivity contribution in [3.8, 4) is 0 Å². The summed E-state index contributed by atoms with van der Waals surface area (Å²) in [5, 5.41) is 38.2. The number of carbonyl (C=O) groups is 5. The van der Waals surface area contributed by atoms with E-state index in [4.69, 9.17) is 51.1 Å². The van der Waals surface area contributed by atoms with Crippen LogP contribution < -0.4 is 16.0 Å². The third-order valence-electron chi connectivity index (χ3n) is 18.5. The number of nitrogens with two attached hydrogens (primary N) is 1. The van der Waals surface area contributed by atoms with Crippen molar-refractivity contribution in [3.05, 3.63) is 65.6 Å². The number of aliphatic hydroxyl groups is 3. The summed E-state index contributed by atoms with van der Waals surface area (Å²) in [5.41, 5.74) is 9.19. The van der Waals surface area contributed by atoms with E-state index in [1.807, 2.05) is 63.0 Å². The fraction of sp³-hybridized carbons (Fsp3) is 0.727. The molecule has 6 N–H and O–H groups in total. The van der Waals surface area contributed by atoms with Crippen molar-refractivity contribution < 1.29 is 72.5 Å². The second kappa shape index (κ2) is 35.7. The Morgan fingerprint density at radius 3 is 2.24 bits per heavy atom. The molecule has 5 heterocycles. The van der Waals surface area contributed by atoms with Crippen molar-refractivity contribution in [2.75, 3.05) is 72.2 Å². The number of anilines is 1. The quantitative estimate of drug-likeness (QED) is 0.0441. The van der Waals surface area contributed by atoms with E-state index in [9.17, 15) is 39.3 Å². The molecule has 0 aromatic carbocycles. The highest BCUT2D eigenvalue weighted by molar-refractivity contribution is 7.80. The first-order valence-electron chi connectivity index (χ1n) is 32.3. The lowest BCUT2D eigenvalue weighted by Crippen LogP contribution is -2.61. The molecule has 498 valence electrons. The smallest absolute Gasteiger partial charge is 0.329 e. The molecule has 23 heteroatoms. The molecule has 0 radical (unpaired) electrons. The van der Waals surface area contributed by atoms with E-state index in [2.05, 4.69) is 20.2 Å². The molecule has 2 amide bonds. The predicted octanol–water partition coefficient (Wildman–Crippen LogP) is 6.02. The third kappa shape index (κ3) is 20.7. The molecule has 1 aromatic rings. The molecule has 4 fully saturated rings. The van der Waals surface area contributed by atoms with E-state index in [0.29, 0.717) is 128 Å². The number of thiocarbonyl (C=S) groups is 1. The van der Waals surface area contributed by atoms with Crippen LogP contribution in [0.2, 0.25) is 0 Å². The number of cyclic esters (lactones) is 1. The van der Waals surface area contributed by atoms with Crippen LogP contribution in [0.3, 0.4) is 0 Å². The summed E-state index contributed by atoms with van der Waals surface area (Å²) in [6.45, 7) is 16.7. The zero-order chi connectivity index (χ0) is 65.0. The van der Waals surface area contributed by atoms with Crippen molar-refractivity contribution >= 4 is 52.7 Å². The molecular formula is C66H103N7O15S. The van der Waals surface area contributed by atoms with Gasteiger partial charge < -0.3 is 74.2 Å². The average Bonchev–Trinajstić information content (AvgIpc) is 3.30. The lowest BCUT2D eigenvalue weighted by Gasteiger charge is -2.43. The first-order chi connectivity index (χ1) is 42.5. The molecule has 0 unspecified atom stereocenters. The number of piperazine rings is 1. The number of hydrogen-bond donors (Lipinski definition) is 5. The van der Waals surface area contributed by atoms with E-state index in [1.54, 1.807) is 53.5 Å². The van der Waals surface area contributed by atoms with Crippen molar-refractivity contribution in [2.24, 2.45) is 35.3 Å². The van der Waals surface area contributed by atoms with Crippen LogP contribution in [0.4, 0.5) is 5.95 Å². The Labute approximate surface area is 532 Å². The Kier molecular flexibility index (Phi) is 29.2. The Balaban J connectivity index is 1.15. The van der Waals surface area contributed by atoms with E-state index >= 15 is 0 Å². The van der Waals surface area contributed by atoms with E-state index in [0.717, 1.165) is 17.6 Å². The molecular weight excluding hydrogens is 1160 g/mol. The van der Waals surface area contributed by atoms with Crippen molar-refractivity contribution in [1.82, 2.24) is 25.1 Å². The Bertz CT molecular complexity index is 2600. The number of nitrogens with zero attached hydrogens (tertiary/aromatic N) is 5. The fourth-order valence-corrected chi connectivity index (χ4v) is 13.1. The number of piperidine rings is 1. The molecule has 22 nitrogen and oxygen atoms in total. The number of nitrogens with one attached hydrogen (secondary N) is 1. The van der Waals surface area contributed by atoms with Gasteiger partial charge in [-0.15, -0.1) is 0 Å². The average molecular weight is 1270 g/mol. The van der Waals surface area contributed by atoms with Crippen LogP contribution in [0.1, 0.15) is 144 Å². The second-order valence-electron chi connectivity index (χ2n) is 25.3. The van der Waals surface area contributed by atoms with Crippen LogP contribution in [-0.4, -0.2) is 204 Å². The van der Waals surface area contributed by atoms with Gasteiger partial charge in [-0.05, 0) is 120 Å². The lowest BCUT2D eigenvalue weighted by molar-refractivity contribution is -0.265. The van der Waals surface area contributed by atoms with Crippen LogP contribution in [0.5, 0.6) is 0 Å². The van der Waals surface area contributed by atoms with Gasteiger partial charge in [-0.1, -0.05) is 71.1 Å². The van der Waals surface area contributed by atoms with Crippen molar-refractivity contribution in [3.63, 3.8) is 0 Å². The molecule has 6 rings (SSSR count). The molecule has 89 heavy (non-hydrogen) atoms. The van der Waals surface area contributed by atoms with Crippen LogP contribution in [0.25, 0.3) is 0 Å². The van der Waals surface area contributed by atoms with Gasteiger partial charge in [0.05, 0.1) is 37.4 Å². The number of esters is 1. The maximum absolute atomic E-state index is 14.8. The molecule has 16 atom stereocenters. The maximum Gasteiger partial charge on any atom is 0.329 e. The predicted molar refractivity (Wildman–Crippen MR) is 340 cm³/mol. The van der Waals surface area contributed by atoms with Gasteiger partial charge in [0, 0.05) is 122 Å². The van der Waals surface area contributed by atoms with Crippen molar-refractivity contribution in [2.45, 2.75) is 212 Å². The zero-order valence-corrected chi connectivity index (χ0v) is 55.1. The lowest BCUT2D eigenvalue weighted by atomic mass is 9.80. The van der Waals surface area contributed by atoms with Crippen LogP contribution in [0, 0.1) is 29.6 Å². The minimum Gasteiger partial charge on any atom is -0.465 e. The van der Waals surface area contributed by atoms with Gasteiger partial charge >= 0.3 is 5.97 Å². The second-order valence-corrected chi connectivity index (χ2v) is 25.7. The maximum atomic E-state index is 14.8. The van der Waals surface area contributed by atoms with E-state index < -0.39 is 95.7 Å². The number of Topliss-reactive ketones (excluding diaryl/α,β-unsaturated/α-hetero) is 2. The van der Waals surface area contributed by atoms with Gasteiger partial charge in [-0.25, -0.2) is 14.8 Å². The van der Waals surface area contributed by atoms with E-state index in [-0.39, 0.29) is 54.5 Å². The molecule has 2 bridgehead atoms. The minimum atomic E-state index is -2.46. The zero-order valence-electron chi connectivity index (χ0n) is 54.3. The SMILES string of the molecule is CCCOCCC(=O)N1CCN(c2ncc(CNC(=S)O[C@@H]3CC[C@@H](C[C@@H](N)[C@@H]4C[C@@H](OC)[C@H](C)/C=C(\C)[C@@H](O)[C@@H](O)C(=O)[C@H](C)C[C@H](C)/C=C/C=C/C=C(\C)[C@@H](OC)C[C@@H]5CC[C@@H](C)[C@@](O)(O5)C(=O)C(=O)N5CCCC[C@H]5C(=O)O4)C[C@H]3OC)cn2)CC1. The van der Waals surface area contributed by atoms with Crippen molar-refractivity contribution in [1.29, 1.82) is 0 Å². The van der Waals surface area contributed by atoms with Gasteiger partial charge in [-0.2, -0.15) is 0 Å². The van der Waals surface area contributed by atoms with Gasteiger partial charge in [0.15, 0.2) is 5.78 Å². The molecule has 4 aliphatic heterocycles. The Hall–Kier alpha value is -5.08. The Morgan fingerprint density at radius 2 is 1.55 bits per heavy atom. The fourth-order valence-electron chi connectivity index (χ4n) is 12.9. The molecule has 1 aliphatic carbocycles. The van der Waals surface area contributed by atoms with Crippen LogP contribution >= 0.6 is 12.2 Å². The number of carbonyl (C=O) groups excluding carboxylic acids is 5. The molecule has 0 spiro atoms. The van der Waals surface area contributed by atoms with Crippen LogP contribution in [0.15, 0.2) is 60.0 Å². The first kappa shape index (κ1) is 73.0. The topological polar surface area (TPSA) is 284 Å². The molecule has 1 saturated carbocycles. The summed E-state index contributed by atoms with van der Waals surface area (Å²) in [6, 6.07) is -1.96. The summed E-state index contributed by atoms with van der Waals surface area (Å²) in [6.07, 6.45) is 14.4. The minimum absolute atomic E-state index is 0.0200. The normalized spacial score (nSPS) is 34.4. The first-order valence-corrected chi connectivity index (χ1v) is 32.7. The summed E-state index contributed by atoms with van der Waals surface area (Å²) in [7, 11) is 4.70. The number of allylic oxidation sites excluding steroid dienone is 5. The van der Waals surface area contributed by atoms with Crippen LogP contribution in [-0.2, 0) is 63.7 Å². The number of hydrogen-bond acceptors (Lipinski definition) is 20. The number of fused-ring (bicyclic) bond motifs is 3. The van der Waals surface area contributed by atoms with Gasteiger partial charge in [0.1, 0.15) is 30.5 Å².